The zero-order chi connectivity index (χ0) is 75.2. The SMILES string of the molecule is c1ccc(-c2ccc3ccc4ccc(-c5ccc(-c6ccc7cc(-c8ccc9ccc(-c%10ccc%11ccc%12cccnc%12c%11n%10)nc9c8)ccc7n6)cc5)nc4c3n2)cc1.c1cnc2c(c1)ccc1ccc(-c3ccc(-c4ccc5cc(-c6ccc7ccc(-c8ccc9ccc%10cccnc%10c9n8)nc7c6)ccc5n4)cc3)nc12. The molecule has 0 N–H and O–H groups in total. The molecule has 0 amide bonds. The minimum atomic E-state index is 0.824. The van der Waals surface area contributed by atoms with Crippen molar-refractivity contribution >= 4 is 131 Å². The average Bonchev–Trinajstić information content (AvgIpc) is 0.772. The number of fused-ring (bicyclic) bond motifs is 16. The summed E-state index contributed by atoms with van der Waals surface area (Å²) in [5, 5.41) is 12.9. The van der Waals surface area contributed by atoms with Crippen molar-refractivity contribution in [2.24, 2.45) is 0 Å². The van der Waals surface area contributed by atoms with Crippen LogP contribution in [0.5, 0.6) is 0 Å². The van der Waals surface area contributed by atoms with E-state index in [0.29, 0.717) is 0 Å². The van der Waals surface area contributed by atoms with E-state index in [1.165, 1.54) is 0 Å². The van der Waals surface area contributed by atoms with Crippen molar-refractivity contribution in [3.8, 4) is 101 Å². The van der Waals surface area contributed by atoms with Gasteiger partial charge in [0.25, 0.3) is 0 Å². The minimum Gasteiger partial charge on any atom is -0.254 e. The summed E-state index contributed by atoms with van der Waals surface area (Å²) in [6.07, 6.45) is 5.46. The van der Waals surface area contributed by atoms with Gasteiger partial charge in [0.05, 0.1) is 117 Å². The molecule has 0 aliphatic heterocycles. The Morgan fingerprint density at radius 1 is 0.123 bits per heavy atom. The van der Waals surface area contributed by atoms with Crippen LogP contribution in [0, 0.1) is 0 Å². The topological polar surface area (TPSA) is 155 Å². The first-order valence-electron chi connectivity index (χ1n) is 37.9. The zero-order valence-electron chi connectivity index (χ0n) is 61.0. The lowest BCUT2D eigenvalue weighted by atomic mass is 10.0. The van der Waals surface area contributed by atoms with E-state index in [2.05, 4.69) is 300 Å². The highest BCUT2D eigenvalue weighted by Gasteiger charge is 2.17. The van der Waals surface area contributed by atoms with Crippen molar-refractivity contribution in [2.45, 2.75) is 0 Å². The van der Waals surface area contributed by atoms with Crippen LogP contribution in [0.3, 0.4) is 0 Å². The molecule has 23 aromatic rings. The van der Waals surface area contributed by atoms with E-state index in [0.717, 1.165) is 232 Å². The number of rotatable bonds is 9. The monoisotopic (exact) mass is 1450 g/mol. The van der Waals surface area contributed by atoms with E-state index in [9.17, 15) is 0 Å². The molecule has 0 fully saturated rings. The maximum atomic E-state index is 5.15. The van der Waals surface area contributed by atoms with Gasteiger partial charge in [0.15, 0.2) is 0 Å². The van der Waals surface area contributed by atoms with E-state index in [-0.39, 0.29) is 0 Å². The predicted octanol–water partition coefficient (Wildman–Crippen LogP) is 25.0. The highest BCUT2D eigenvalue weighted by atomic mass is 14.8. The summed E-state index contributed by atoms with van der Waals surface area (Å²) in [7, 11) is 0. The summed E-state index contributed by atoms with van der Waals surface area (Å²) in [6, 6.07) is 120. The fourth-order valence-corrected chi connectivity index (χ4v) is 15.7. The van der Waals surface area contributed by atoms with Crippen LogP contribution in [0.15, 0.2) is 364 Å². The third-order valence-electron chi connectivity index (χ3n) is 21.8. The molecule has 12 heteroatoms. The molecular weight excluding hydrogens is 1390 g/mol. The number of hydrogen-bond acceptors (Lipinski definition) is 12. The first-order chi connectivity index (χ1) is 56.4. The second-order valence-corrected chi connectivity index (χ2v) is 28.8. The summed E-state index contributed by atoms with van der Waals surface area (Å²) in [5.74, 6) is 0. The Balaban J connectivity index is 0.000000140. The van der Waals surface area contributed by atoms with E-state index in [1.807, 2.05) is 79.3 Å². The maximum Gasteiger partial charge on any atom is 0.0972 e. The molecule has 11 aromatic carbocycles. The van der Waals surface area contributed by atoms with E-state index >= 15 is 0 Å². The van der Waals surface area contributed by atoms with Crippen LogP contribution in [0.25, 0.3) is 232 Å². The molecule has 528 valence electrons. The fraction of sp³-hybridized carbons (Fsp3) is 0. The molecule has 0 spiro atoms. The van der Waals surface area contributed by atoms with Crippen molar-refractivity contribution in [3.63, 3.8) is 0 Å². The molecule has 114 heavy (non-hydrogen) atoms. The molecule has 0 unspecified atom stereocenters. The van der Waals surface area contributed by atoms with E-state index < -0.39 is 0 Å². The Labute approximate surface area is 652 Å². The quantitative estimate of drug-likeness (QED) is 0.126. The highest BCUT2D eigenvalue weighted by molar-refractivity contribution is 6.08. The Kier molecular flexibility index (Phi) is 15.6. The Hall–Kier alpha value is -15.7. The van der Waals surface area contributed by atoms with Gasteiger partial charge < -0.3 is 0 Å². The molecular formula is C102H60N12. The normalized spacial score (nSPS) is 11.7. The van der Waals surface area contributed by atoms with E-state index in [1.54, 1.807) is 0 Å². The van der Waals surface area contributed by atoms with Crippen molar-refractivity contribution in [1.82, 2.24) is 59.8 Å². The largest absolute Gasteiger partial charge is 0.254 e. The molecule has 0 radical (unpaired) electrons. The van der Waals surface area contributed by atoms with Gasteiger partial charge in [-0.25, -0.2) is 44.9 Å². The third kappa shape index (κ3) is 12.0. The summed E-state index contributed by atoms with van der Waals surface area (Å²) >= 11 is 0. The molecule has 0 bridgehead atoms. The van der Waals surface area contributed by atoms with Gasteiger partial charge in [0.1, 0.15) is 0 Å². The number of benzene rings is 11. The van der Waals surface area contributed by atoms with Gasteiger partial charge >= 0.3 is 0 Å². The summed E-state index contributed by atoms with van der Waals surface area (Å²) < 4.78 is 0. The van der Waals surface area contributed by atoms with Crippen LogP contribution < -0.4 is 0 Å². The highest BCUT2D eigenvalue weighted by Crippen LogP contribution is 2.37. The summed E-state index contributed by atoms with van der Waals surface area (Å²) in [6.45, 7) is 0. The van der Waals surface area contributed by atoms with Crippen LogP contribution >= 0.6 is 0 Å². The second kappa shape index (κ2) is 27.2. The smallest absolute Gasteiger partial charge is 0.0972 e. The van der Waals surface area contributed by atoms with Crippen molar-refractivity contribution in [3.05, 3.63) is 364 Å². The van der Waals surface area contributed by atoms with E-state index in [4.69, 9.17) is 44.9 Å². The molecule has 23 rings (SSSR count). The number of hydrogen-bond donors (Lipinski definition) is 0. The Bertz CT molecular complexity index is 7870. The zero-order valence-corrected chi connectivity index (χ0v) is 61.0. The number of aromatic nitrogens is 12. The molecule has 12 aromatic heterocycles. The van der Waals surface area contributed by atoms with Gasteiger partial charge in [0.2, 0.25) is 0 Å². The van der Waals surface area contributed by atoms with Crippen molar-refractivity contribution in [2.75, 3.05) is 0 Å². The Morgan fingerprint density at radius 3 is 0.711 bits per heavy atom. The average molecular weight is 1450 g/mol. The Morgan fingerprint density at radius 2 is 0.351 bits per heavy atom. The second-order valence-electron chi connectivity index (χ2n) is 28.8. The maximum absolute atomic E-state index is 5.15. The van der Waals surface area contributed by atoms with Crippen LogP contribution in [-0.4, -0.2) is 59.8 Å². The van der Waals surface area contributed by atoms with Gasteiger partial charge in [0, 0.05) is 111 Å². The standard InChI is InChI=1S/C54H32N6.C48H28N6/c1-2-5-33(6-3-1)45-24-19-39-15-16-40-20-25-46(59-54(40)53(39)58-45)35-10-8-34(9-11-35)44-27-23-43-31-41(22-26-47(43)56-44)42-17-12-36-18-28-48(57-50(36)32-42)49-29-21-38-14-13-37-7-4-30-55-51(37)52(38)60-49;1-3-32-10-12-34-16-20-40(53-47(34)45(32)49-25-1)30-7-5-29(6-8-30)39-22-19-38-27-36(18-21-41(38)51-39)37-14-9-31-15-23-42(52-44(31)28-37)43-24-17-35-13-11-33-4-2-26-50-46(33)48(35)54-43/h1-32H;1-28H. The lowest BCUT2D eigenvalue weighted by Crippen LogP contribution is -1.92. The fourth-order valence-electron chi connectivity index (χ4n) is 15.7. The molecule has 12 heterocycles. The summed E-state index contributed by atoms with van der Waals surface area (Å²) in [5.41, 5.74) is 28.6. The van der Waals surface area contributed by atoms with Gasteiger partial charge in [-0.15, -0.1) is 0 Å². The van der Waals surface area contributed by atoms with Crippen LogP contribution in [0.1, 0.15) is 0 Å². The first-order valence-corrected chi connectivity index (χ1v) is 37.9. The lowest BCUT2D eigenvalue weighted by molar-refractivity contribution is 1.31. The van der Waals surface area contributed by atoms with Crippen LogP contribution in [0.4, 0.5) is 0 Å². The van der Waals surface area contributed by atoms with Gasteiger partial charge in [-0.3, -0.25) is 15.0 Å². The predicted molar refractivity (Wildman–Crippen MR) is 465 cm³/mol. The van der Waals surface area contributed by atoms with Gasteiger partial charge in [-0.1, -0.05) is 237 Å². The van der Waals surface area contributed by atoms with Crippen molar-refractivity contribution in [1.29, 1.82) is 0 Å². The number of nitrogens with zero attached hydrogens (tertiary/aromatic N) is 12. The number of pyridine rings is 12. The van der Waals surface area contributed by atoms with Gasteiger partial charge in [-0.05, 0) is 131 Å². The molecule has 0 aliphatic carbocycles. The van der Waals surface area contributed by atoms with Crippen molar-refractivity contribution < 1.29 is 0 Å². The van der Waals surface area contributed by atoms with Crippen LogP contribution in [0.2, 0.25) is 0 Å². The molecule has 0 saturated heterocycles. The summed E-state index contributed by atoms with van der Waals surface area (Å²) in [4.78, 5) is 59.4. The minimum absolute atomic E-state index is 0.824. The first kappa shape index (κ1) is 65.4. The lowest BCUT2D eigenvalue weighted by Gasteiger charge is -2.10. The third-order valence-corrected chi connectivity index (χ3v) is 21.8. The molecule has 0 aliphatic rings. The molecule has 0 saturated carbocycles. The molecule has 12 nitrogen and oxygen atoms in total. The van der Waals surface area contributed by atoms with Gasteiger partial charge in [-0.2, -0.15) is 0 Å². The van der Waals surface area contributed by atoms with Crippen LogP contribution in [-0.2, 0) is 0 Å². The molecule has 0 atom stereocenters.